The van der Waals surface area contributed by atoms with Crippen molar-refractivity contribution >= 4 is 52.2 Å². The third-order valence-corrected chi connectivity index (χ3v) is 6.72. The third kappa shape index (κ3) is 6.17. The molecule has 0 radical (unpaired) electrons. The zero-order chi connectivity index (χ0) is 24.9. The highest BCUT2D eigenvalue weighted by Gasteiger charge is 2.35. The van der Waals surface area contributed by atoms with Crippen LogP contribution in [0, 0.1) is 5.82 Å². The Morgan fingerprint density at radius 1 is 0.914 bits per heavy atom. The molecule has 0 aromatic heterocycles. The lowest BCUT2D eigenvalue weighted by Crippen LogP contribution is -2.27. The van der Waals surface area contributed by atoms with Gasteiger partial charge in [-0.3, -0.25) is 14.5 Å². The van der Waals surface area contributed by atoms with Crippen molar-refractivity contribution in [2.75, 3.05) is 6.61 Å². The normalized spacial score (nSPS) is 14.6. The molecule has 9 heteroatoms. The van der Waals surface area contributed by atoms with Gasteiger partial charge in [-0.2, -0.15) is 0 Å². The first-order valence-electron chi connectivity index (χ1n) is 10.7. The van der Waals surface area contributed by atoms with Crippen molar-refractivity contribution in [2.45, 2.75) is 20.1 Å². The van der Waals surface area contributed by atoms with E-state index in [-0.39, 0.29) is 24.2 Å². The Morgan fingerprint density at radius 3 is 2.37 bits per heavy atom. The summed E-state index contributed by atoms with van der Waals surface area (Å²) in [6, 6.07) is 16.2. The Kier molecular flexibility index (Phi) is 8.00. The number of benzene rings is 3. The number of hydrogen-bond donors (Lipinski definition) is 0. The van der Waals surface area contributed by atoms with Crippen molar-refractivity contribution in [2.24, 2.45) is 0 Å². The molecule has 1 heterocycles. The summed E-state index contributed by atoms with van der Waals surface area (Å²) in [5.41, 5.74) is 2.19. The monoisotopic (exact) mass is 531 g/mol. The molecule has 2 amide bonds. The van der Waals surface area contributed by atoms with Crippen LogP contribution >= 0.6 is 35.0 Å². The topological polar surface area (TPSA) is 55.8 Å². The molecule has 5 nitrogen and oxygen atoms in total. The molecule has 3 aromatic carbocycles. The summed E-state index contributed by atoms with van der Waals surface area (Å²) in [4.78, 5) is 26.7. The molecule has 1 saturated heterocycles. The molecule has 35 heavy (non-hydrogen) atoms. The van der Waals surface area contributed by atoms with Crippen LogP contribution < -0.4 is 9.47 Å². The number of halogens is 3. The third-order valence-electron chi connectivity index (χ3n) is 5.07. The molecule has 0 spiro atoms. The molecule has 1 fully saturated rings. The summed E-state index contributed by atoms with van der Waals surface area (Å²) < 4.78 is 24.8. The zero-order valence-corrected chi connectivity index (χ0v) is 20.9. The van der Waals surface area contributed by atoms with Crippen LogP contribution in [0.2, 0.25) is 10.0 Å². The van der Waals surface area contributed by atoms with E-state index in [0.29, 0.717) is 44.2 Å². The number of rotatable bonds is 8. The Morgan fingerprint density at radius 2 is 1.66 bits per heavy atom. The van der Waals surface area contributed by atoms with Crippen molar-refractivity contribution < 1.29 is 23.5 Å². The first-order chi connectivity index (χ1) is 16.8. The minimum atomic E-state index is -0.401. The SMILES string of the molecule is CCOc1cc(/C=C2/SC(=O)N(Cc3ccc(F)cc3)C2=O)ccc1OCc1ccc(Cl)c(Cl)c1. The highest BCUT2D eigenvalue weighted by Crippen LogP contribution is 2.36. The van der Waals surface area contributed by atoms with Gasteiger partial charge in [0, 0.05) is 0 Å². The molecule has 0 saturated carbocycles. The van der Waals surface area contributed by atoms with E-state index in [1.54, 1.807) is 48.5 Å². The molecule has 0 unspecified atom stereocenters. The molecule has 3 aromatic rings. The van der Waals surface area contributed by atoms with Gasteiger partial charge in [0.2, 0.25) is 0 Å². The van der Waals surface area contributed by atoms with Crippen molar-refractivity contribution in [3.8, 4) is 11.5 Å². The van der Waals surface area contributed by atoms with E-state index in [1.807, 2.05) is 13.0 Å². The first-order valence-corrected chi connectivity index (χ1v) is 12.2. The molecule has 1 aliphatic rings. The highest BCUT2D eigenvalue weighted by molar-refractivity contribution is 8.18. The average molecular weight is 532 g/mol. The van der Waals surface area contributed by atoms with Gasteiger partial charge in [-0.15, -0.1) is 0 Å². The van der Waals surface area contributed by atoms with Crippen LogP contribution in [0.25, 0.3) is 6.08 Å². The lowest BCUT2D eigenvalue weighted by atomic mass is 10.1. The number of carbonyl (C=O) groups is 2. The van der Waals surface area contributed by atoms with Gasteiger partial charge >= 0.3 is 0 Å². The van der Waals surface area contributed by atoms with Crippen LogP contribution in [0.3, 0.4) is 0 Å². The quantitative estimate of drug-likeness (QED) is 0.284. The molecular formula is C26H20Cl2FNO4S. The summed E-state index contributed by atoms with van der Waals surface area (Å²) in [5.74, 6) is 0.255. The van der Waals surface area contributed by atoms with Gasteiger partial charge in [0.15, 0.2) is 11.5 Å². The maximum atomic E-state index is 13.1. The van der Waals surface area contributed by atoms with E-state index in [1.165, 1.54) is 12.1 Å². The number of carbonyl (C=O) groups excluding carboxylic acids is 2. The highest BCUT2D eigenvalue weighted by atomic mass is 35.5. The van der Waals surface area contributed by atoms with Gasteiger partial charge in [-0.25, -0.2) is 4.39 Å². The van der Waals surface area contributed by atoms with E-state index in [4.69, 9.17) is 32.7 Å². The maximum absolute atomic E-state index is 13.1. The molecule has 0 bridgehead atoms. The van der Waals surface area contributed by atoms with Crippen LogP contribution in [0.1, 0.15) is 23.6 Å². The van der Waals surface area contributed by atoms with Gasteiger partial charge in [0.25, 0.3) is 11.1 Å². The second-order valence-electron chi connectivity index (χ2n) is 7.57. The number of imide groups is 1. The molecular weight excluding hydrogens is 512 g/mol. The summed E-state index contributed by atoms with van der Waals surface area (Å²) in [6.07, 6.45) is 1.64. The smallest absolute Gasteiger partial charge is 0.293 e. The van der Waals surface area contributed by atoms with Gasteiger partial charge < -0.3 is 9.47 Å². The van der Waals surface area contributed by atoms with E-state index < -0.39 is 5.91 Å². The number of nitrogens with zero attached hydrogens (tertiary/aromatic N) is 1. The summed E-state index contributed by atoms with van der Waals surface area (Å²) in [5, 5.41) is 0.538. The van der Waals surface area contributed by atoms with E-state index in [2.05, 4.69) is 0 Å². The predicted octanol–water partition coefficient (Wildman–Crippen LogP) is 7.35. The van der Waals surface area contributed by atoms with Gasteiger partial charge in [0.05, 0.1) is 28.1 Å². The second-order valence-corrected chi connectivity index (χ2v) is 9.38. The predicted molar refractivity (Wildman–Crippen MR) is 136 cm³/mol. The van der Waals surface area contributed by atoms with E-state index in [9.17, 15) is 14.0 Å². The molecule has 180 valence electrons. The van der Waals surface area contributed by atoms with Gasteiger partial charge in [-0.1, -0.05) is 47.5 Å². The Balaban J connectivity index is 1.50. The number of ether oxygens (including phenoxy) is 2. The molecule has 0 atom stereocenters. The average Bonchev–Trinajstić information content (AvgIpc) is 3.09. The van der Waals surface area contributed by atoms with Crippen LogP contribution in [-0.4, -0.2) is 22.7 Å². The number of amides is 2. The zero-order valence-electron chi connectivity index (χ0n) is 18.6. The minimum Gasteiger partial charge on any atom is -0.490 e. The fraction of sp³-hybridized carbons (Fsp3) is 0.154. The van der Waals surface area contributed by atoms with Crippen molar-refractivity contribution in [3.05, 3.63) is 98.1 Å². The van der Waals surface area contributed by atoms with E-state index in [0.717, 1.165) is 22.2 Å². The standard InChI is InChI=1S/C26H20Cl2FNO4S/c1-2-33-23-12-17(6-10-22(23)34-15-18-5-9-20(27)21(28)11-18)13-24-25(31)30(26(32)35-24)14-16-3-7-19(29)8-4-16/h3-13H,2,14-15H2,1H3/b24-13+. The largest absolute Gasteiger partial charge is 0.490 e. The molecule has 0 N–H and O–H groups in total. The van der Waals surface area contributed by atoms with Crippen LogP contribution in [0.4, 0.5) is 9.18 Å². The summed E-state index contributed by atoms with van der Waals surface area (Å²) in [6.45, 7) is 2.61. The van der Waals surface area contributed by atoms with Crippen molar-refractivity contribution in [1.82, 2.24) is 4.90 Å². The fourth-order valence-electron chi connectivity index (χ4n) is 3.35. The van der Waals surface area contributed by atoms with Crippen LogP contribution in [0.5, 0.6) is 11.5 Å². The van der Waals surface area contributed by atoms with Crippen molar-refractivity contribution in [3.63, 3.8) is 0 Å². The fourth-order valence-corrected chi connectivity index (χ4v) is 4.51. The molecule has 0 aliphatic carbocycles. The van der Waals surface area contributed by atoms with Gasteiger partial charge in [0.1, 0.15) is 12.4 Å². The lowest BCUT2D eigenvalue weighted by Gasteiger charge is -2.13. The van der Waals surface area contributed by atoms with Gasteiger partial charge in [-0.05, 0) is 77.9 Å². The second kappa shape index (κ2) is 11.2. The molecule has 1 aliphatic heterocycles. The Hall–Kier alpha value is -3.00. The van der Waals surface area contributed by atoms with Crippen LogP contribution in [0.15, 0.2) is 65.6 Å². The Bertz CT molecular complexity index is 1300. The number of hydrogen-bond acceptors (Lipinski definition) is 5. The lowest BCUT2D eigenvalue weighted by molar-refractivity contribution is -0.123. The first kappa shape index (κ1) is 25.1. The minimum absolute atomic E-state index is 0.0774. The van der Waals surface area contributed by atoms with Crippen molar-refractivity contribution in [1.29, 1.82) is 0 Å². The van der Waals surface area contributed by atoms with E-state index >= 15 is 0 Å². The maximum Gasteiger partial charge on any atom is 0.293 e. The molecule has 4 rings (SSSR count). The van der Waals surface area contributed by atoms with Crippen LogP contribution in [-0.2, 0) is 17.9 Å². The number of thioether (sulfide) groups is 1. The summed E-state index contributed by atoms with van der Waals surface area (Å²) >= 11 is 12.9. The Labute approximate surface area is 216 Å². The summed E-state index contributed by atoms with van der Waals surface area (Å²) in [7, 11) is 0.